The first kappa shape index (κ1) is 7.51. The molecule has 0 aromatic heterocycles. The Morgan fingerprint density at radius 2 is 1.78 bits per heavy atom. The molecule has 54 valence electrons. The molecule has 0 bridgehead atoms. The van der Waals surface area contributed by atoms with Crippen molar-refractivity contribution in [3.63, 3.8) is 0 Å². The van der Waals surface area contributed by atoms with E-state index in [4.69, 9.17) is 11.5 Å². The van der Waals surface area contributed by atoms with Crippen LogP contribution in [-0.2, 0) is 0 Å². The second-order valence-electron chi connectivity index (χ2n) is 2.74. The van der Waals surface area contributed by atoms with E-state index in [1.807, 2.05) is 0 Å². The van der Waals surface area contributed by atoms with Gasteiger partial charge in [0.25, 0.3) is 0 Å². The molecule has 9 heavy (non-hydrogen) atoms. The number of alkyl halides is 1. The first-order valence-corrected chi connectivity index (χ1v) is 4.27. The molecule has 3 atom stereocenters. The van der Waals surface area contributed by atoms with E-state index < -0.39 is 0 Å². The summed E-state index contributed by atoms with van der Waals surface area (Å²) in [6, 6.07) is 0.446. The van der Waals surface area contributed by atoms with Gasteiger partial charge in [-0.15, -0.1) is 0 Å². The van der Waals surface area contributed by atoms with Crippen molar-refractivity contribution < 1.29 is 0 Å². The highest BCUT2D eigenvalue weighted by molar-refractivity contribution is 9.09. The Balaban J connectivity index is 2.35. The predicted octanol–water partition coefficient (Wildman–Crippen LogP) is 0.588. The maximum Gasteiger partial charge on any atom is 0.0203 e. The molecule has 0 heterocycles. The molecule has 1 fully saturated rings. The zero-order chi connectivity index (χ0) is 6.85. The summed E-state index contributed by atoms with van der Waals surface area (Å²) in [6.07, 6.45) is 3.27. The standard InChI is InChI=1S/C6H13BrN2/c7-4-1-2-5(8)6(9)3-4/h4-6H,1-3,8-9H2. The fourth-order valence-electron chi connectivity index (χ4n) is 1.18. The maximum atomic E-state index is 5.71. The normalized spacial score (nSPS) is 45.0. The molecule has 0 radical (unpaired) electrons. The second kappa shape index (κ2) is 2.99. The van der Waals surface area contributed by atoms with E-state index in [1.165, 1.54) is 6.42 Å². The van der Waals surface area contributed by atoms with Crippen molar-refractivity contribution in [2.75, 3.05) is 0 Å². The smallest absolute Gasteiger partial charge is 0.0203 e. The highest BCUT2D eigenvalue weighted by Crippen LogP contribution is 2.22. The first-order valence-electron chi connectivity index (χ1n) is 3.35. The summed E-state index contributed by atoms with van der Waals surface area (Å²) in [5, 5.41) is 0. The van der Waals surface area contributed by atoms with E-state index in [-0.39, 0.29) is 12.1 Å². The number of halogens is 1. The van der Waals surface area contributed by atoms with Crippen LogP contribution in [0.2, 0.25) is 0 Å². The minimum atomic E-state index is 0.211. The van der Waals surface area contributed by atoms with Crippen LogP contribution >= 0.6 is 15.9 Å². The van der Waals surface area contributed by atoms with Gasteiger partial charge < -0.3 is 11.5 Å². The summed E-state index contributed by atoms with van der Waals surface area (Å²) in [7, 11) is 0. The summed E-state index contributed by atoms with van der Waals surface area (Å²) in [5.74, 6) is 0. The van der Waals surface area contributed by atoms with Crippen molar-refractivity contribution in [3.05, 3.63) is 0 Å². The van der Waals surface area contributed by atoms with Crippen LogP contribution in [0.15, 0.2) is 0 Å². The third kappa shape index (κ3) is 1.92. The minimum absolute atomic E-state index is 0.211. The Labute approximate surface area is 64.1 Å². The van der Waals surface area contributed by atoms with Crippen LogP contribution in [0.1, 0.15) is 19.3 Å². The van der Waals surface area contributed by atoms with Crippen LogP contribution in [0.4, 0.5) is 0 Å². The van der Waals surface area contributed by atoms with Gasteiger partial charge in [-0.05, 0) is 19.3 Å². The molecule has 0 spiro atoms. The molecule has 2 nitrogen and oxygen atoms in total. The van der Waals surface area contributed by atoms with Gasteiger partial charge in [0.1, 0.15) is 0 Å². The topological polar surface area (TPSA) is 52.0 Å². The molecule has 1 saturated carbocycles. The lowest BCUT2D eigenvalue weighted by Gasteiger charge is -2.28. The number of hydrogen-bond donors (Lipinski definition) is 2. The highest BCUT2D eigenvalue weighted by Gasteiger charge is 2.22. The van der Waals surface area contributed by atoms with Gasteiger partial charge in [-0.25, -0.2) is 0 Å². The highest BCUT2D eigenvalue weighted by atomic mass is 79.9. The largest absolute Gasteiger partial charge is 0.326 e. The first-order chi connectivity index (χ1) is 4.20. The van der Waals surface area contributed by atoms with Crippen LogP contribution in [0.3, 0.4) is 0 Å². The van der Waals surface area contributed by atoms with Crippen molar-refractivity contribution in [1.29, 1.82) is 0 Å². The summed E-state index contributed by atoms with van der Waals surface area (Å²) < 4.78 is 0. The van der Waals surface area contributed by atoms with E-state index in [2.05, 4.69) is 15.9 Å². The van der Waals surface area contributed by atoms with Crippen molar-refractivity contribution in [3.8, 4) is 0 Å². The lowest BCUT2D eigenvalue weighted by atomic mass is 9.92. The van der Waals surface area contributed by atoms with Crippen molar-refractivity contribution in [1.82, 2.24) is 0 Å². The van der Waals surface area contributed by atoms with Gasteiger partial charge >= 0.3 is 0 Å². The van der Waals surface area contributed by atoms with Crippen molar-refractivity contribution in [2.45, 2.75) is 36.2 Å². The average molecular weight is 193 g/mol. The molecular formula is C6H13BrN2. The molecule has 0 aromatic carbocycles. The summed E-state index contributed by atoms with van der Waals surface area (Å²) >= 11 is 3.52. The van der Waals surface area contributed by atoms with Gasteiger partial charge in [-0.1, -0.05) is 15.9 Å². The summed E-state index contributed by atoms with van der Waals surface area (Å²) in [4.78, 5) is 0.604. The van der Waals surface area contributed by atoms with Crippen LogP contribution in [0.25, 0.3) is 0 Å². The van der Waals surface area contributed by atoms with Gasteiger partial charge in [0, 0.05) is 16.9 Å². The zero-order valence-corrected chi connectivity index (χ0v) is 6.97. The lowest BCUT2D eigenvalue weighted by molar-refractivity contribution is 0.396. The van der Waals surface area contributed by atoms with Crippen LogP contribution in [-0.4, -0.2) is 16.9 Å². The molecule has 3 heteroatoms. The Bertz CT molecular complexity index is 97.1. The quantitative estimate of drug-likeness (QED) is 0.553. The predicted molar refractivity (Wildman–Crippen MR) is 42.5 cm³/mol. The molecule has 0 saturated heterocycles. The molecule has 0 amide bonds. The van der Waals surface area contributed by atoms with Gasteiger partial charge in [0.15, 0.2) is 0 Å². The molecule has 1 aliphatic rings. The molecule has 1 rings (SSSR count). The minimum Gasteiger partial charge on any atom is -0.326 e. The number of nitrogens with two attached hydrogens (primary N) is 2. The number of rotatable bonds is 0. The van der Waals surface area contributed by atoms with Gasteiger partial charge in [0.05, 0.1) is 0 Å². The Morgan fingerprint density at radius 1 is 1.11 bits per heavy atom. The maximum absolute atomic E-state index is 5.71. The fourth-order valence-corrected chi connectivity index (χ4v) is 1.87. The van der Waals surface area contributed by atoms with Crippen molar-refractivity contribution >= 4 is 15.9 Å². The fraction of sp³-hybridized carbons (Fsp3) is 1.00. The molecule has 0 aromatic rings. The average Bonchev–Trinajstić information content (AvgIpc) is 1.80. The zero-order valence-electron chi connectivity index (χ0n) is 5.39. The SMILES string of the molecule is NC1CCC(Br)CC1N. The van der Waals surface area contributed by atoms with Crippen LogP contribution in [0, 0.1) is 0 Å². The molecule has 0 aliphatic heterocycles. The summed E-state index contributed by atoms with van der Waals surface area (Å²) in [5.41, 5.74) is 11.4. The van der Waals surface area contributed by atoms with E-state index in [9.17, 15) is 0 Å². The third-order valence-electron chi connectivity index (χ3n) is 1.89. The van der Waals surface area contributed by atoms with E-state index in [1.54, 1.807) is 0 Å². The second-order valence-corrected chi connectivity index (χ2v) is 4.03. The monoisotopic (exact) mass is 192 g/mol. The van der Waals surface area contributed by atoms with Crippen LogP contribution in [0.5, 0.6) is 0 Å². The van der Waals surface area contributed by atoms with E-state index in [0.29, 0.717) is 4.83 Å². The molecule has 1 aliphatic carbocycles. The third-order valence-corrected chi connectivity index (χ3v) is 2.72. The van der Waals surface area contributed by atoms with Crippen LogP contribution < -0.4 is 11.5 Å². The van der Waals surface area contributed by atoms with Gasteiger partial charge in [-0.2, -0.15) is 0 Å². The van der Waals surface area contributed by atoms with Gasteiger partial charge in [0.2, 0.25) is 0 Å². The Hall–Kier alpha value is 0.400. The number of hydrogen-bond acceptors (Lipinski definition) is 2. The summed E-state index contributed by atoms with van der Waals surface area (Å²) in [6.45, 7) is 0. The Morgan fingerprint density at radius 3 is 2.22 bits per heavy atom. The molecular weight excluding hydrogens is 180 g/mol. The van der Waals surface area contributed by atoms with E-state index in [0.717, 1.165) is 12.8 Å². The lowest BCUT2D eigenvalue weighted by Crippen LogP contribution is -2.46. The van der Waals surface area contributed by atoms with Crippen molar-refractivity contribution in [2.24, 2.45) is 11.5 Å². The molecule has 3 unspecified atom stereocenters. The Kier molecular flexibility index (Phi) is 2.50. The molecule has 4 N–H and O–H groups in total. The van der Waals surface area contributed by atoms with Gasteiger partial charge in [-0.3, -0.25) is 0 Å². The van der Waals surface area contributed by atoms with E-state index >= 15 is 0 Å².